The van der Waals surface area contributed by atoms with Gasteiger partial charge in [-0.1, -0.05) is 48.5 Å². The number of aryl methyl sites for hydroxylation is 1. The Morgan fingerprint density at radius 2 is 1.41 bits per heavy atom. The lowest BCUT2D eigenvalue weighted by Crippen LogP contribution is -2.17. The summed E-state index contributed by atoms with van der Waals surface area (Å²) in [6, 6.07) is 22.7. The average Bonchev–Trinajstić information content (AvgIpc) is 2.70. The van der Waals surface area contributed by atoms with E-state index in [2.05, 4.69) is 31.3 Å². The van der Waals surface area contributed by atoms with E-state index in [0.29, 0.717) is 11.1 Å². The molecule has 0 aliphatic rings. The highest BCUT2D eigenvalue weighted by atomic mass is 16.1. The van der Waals surface area contributed by atoms with Gasteiger partial charge in [0.15, 0.2) is 0 Å². The molecule has 4 nitrogen and oxygen atoms in total. The topological polar surface area (TPSA) is 72.2 Å². The van der Waals surface area contributed by atoms with E-state index >= 15 is 0 Å². The molecule has 3 aromatic carbocycles. The predicted octanol–water partition coefficient (Wildman–Crippen LogP) is 4.12. The summed E-state index contributed by atoms with van der Waals surface area (Å²) >= 11 is 0. The molecule has 0 atom stereocenters. The fraction of sp³-hybridized carbons (Fsp3) is 0.130. The third-order valence-electron chi connectivity index (χ3n) is 4.35. The number of rotatable bonds is 3. The number of hydrogen-bond donors (Lipinski definition) is 2. The Balaban J connectivity index is 0.000000223. The van der Waals surface area contributed by atoms with Crippen molar-refractivity contribution >= 4 is 11.8 Å². The Bertz CT molecular complexity index is 917. The molecule has 0 heterocycles. The summed E-state index contributed by atoms with van der Waals surface area (Å²) in [5.41, 5.74) is 11.3. The fourth-order valence-corrected chi connectivity index (χ4v) is 2.61. The van der Waals surface area contributed by atoms with Crippen LogP contribution < -0.4 is 11.1 Å². The highest BCUT2D eigenvalue weighted by Crippen LogP contribution is 2.25. The van der Waals surface area contributed by atoms with Gasteiger partial charge in [0, 0.05) is 18.2 Å². The van der Waals surface area contributed by atoms with Crippen molar-refractivity contribution in [3.05, 3.63) is 95.1 Å². The molecular weight excluding hydrogens is 336 g/mol. The van der Waals surface area contributed by atoms with E-state index in [-0.39, 0.29) is 5.91 Å². The van der Waals surface area contributed by atoms with E-state index < -0.39 is 5.91 Å². The first-order valence-corrected chi connectivity index (χ1v) is 8.67. The molecule has 0 aromatic heterocycles. The molecule has 0 aliphatic heterocycles. The number of carbonyl (C=O) groups is 2. The van der Waals surface area contributed by atoms with Crippen LogP contribution in [0.5, 0.6) is 0 Å². The summed E-state index contributed by atoms with van der Waals surface area (Å²) in [4.78, 5) is 21.9. The number of nitrogens with one attached hydrogen (secondary N) is 1. The number of carbonyl (C=O) groups excluding carboxylic acids is 2. The van der Waals surface area contributed by atoms with Crippen molar-refractivity contribution in [1.29, 1.82) is 0 Å². The number of benzene rings is 3. The molecule has 0 spiro atoms. The van der Waals surface area contributed by atoms with Gasteiger partial charge in [-0.05, 0) is 60.4 Å². The molecule has 0 bridgehead atoms. The lowest BCUT2D eigenvalue weighted by atomic mass is 9.96. The maximum atomic E-state index is 11.0. The van der Waals surface area contributed by atoms with E-state index in [0.717, 1.165) is 5.56 Å². The van der Waals surface area contributed by atoms with Crippen LogP contribution in [0.15, 0.2) is 72.8 Å². The van der Waals surface area contributed by atoms with Crippen LogP contribution in [0.25, 0.3) is 11.1 Å². The zero-order valence-corrected chi connectivity index (χ0v) is 15.8. The Morgan fingerprint density at radius 1 is 0.778 bits per heavy atom. The molecule has 0 saturated heterocycles. The zero-order chi connectivity index (χ0) is 19.8. The first kappa shape index (κ1) is 19.9. The Morgan fingerprint density at radius 3 is 1.96 bits per heavy atom. The van der Waals surface area contributed by atoms with E-state index in [9.17, 15) is 9.59 Å². The first-order valence-electron chi connectivity index (χ1n) is 8.67. The van der Waals surface area contributed by atoms with Crippen molar-refractivity contribution in [3.63, 3.8) is 0 Å². The van der Waals surface area contributed by atoms with Crippen LogP contribution >= 0.6 is 0 Å². The molecule has 3 aromatic rings. The van der Waals surface area contributed by atoms with Gasteiger partial charge in [-0.15, -0.1) is 0 Å². The van der Waals surface area contributed by atoms with Crippen LogP contribution in [0.1, 0.15) is 31.8 Å². The largest absolute Gasteiger partial charge is 0.366 e. The van der Waals surface area contributed by atoms with Crippen LogP contribution in [0.3, 0.4) is 0 Å². The SMILES string of the molecule is CNC(=O)c1ccccc1.Cc1cccc(-c2ccc(C(N)=O)cc2)c1C. The van der Waals surface area contributed by atoms with Gasteiger partial charge in [-0.25, -0.2) is 0 Å². The monoisotopic (exact) mass is 360 g/mol. The predicted molar refractivity (Wildman–Crippen MR) is 110 cm³/mol. The van der Waals surface area contributed by atoms with Crippen molar-refractivity contribution in [2.45, 2.75) is 13.8 Å². The summed E-state index contributed by atoms with van der Waals surface area (Å²) in [6.45, 7) is 4.20. The quantitative estimate of drug-likeness (QED) is 0.737. The fourth-order valence-electron chi connectivity index (χ4n) is 2.61. The average molecular weight is 360 g/mol. The number of hydrogen-bond acceptors (Lipinski definition) is 2. The molecule has 0 fully saturated rings. The highest BCUT2D eigenvalue weighted by molar-refractivity contribution is 5.94. The maximum Gasteiger partial charge on any atom is 0.251 e. The second-order valence-corrected chi connectivity index (χ2v) is 6.13. The van der Waals surface area contributed by atoms with Crippen LogP contribution in [-0.4, -0.2) is 18.9 Å². The third kappa shape index (κ3) is 5.28. The Kier molecular flexibility index (Phi) is 6.89. The summed E-state index contributed by atoms with van der Waals surface area (Å²) < 4.78 is 0. The molecule has 0 radical (unpaired) electrons. The smallest absolute Gasteiger partial charge is 0.251 e. The third-order valence-corrected chi connectivity index (χ3v) is 4.35. The van der Waals surface area contributed by atoms with Gasteiger partial charge in [0.05, 0.1) is 0 Å². The standard InChI is InChI=1S/C15H15NO.C8H9NO/c1-10-4-3-5-14(11(10)2)12-6-8-13(9-7-12)15(16)17;1-9-8(10)7-5-3-2-4-6-7/h3-9H,1-2H3,(H2,16,17);2-6H,1H3,(H,9,10). The number of nitrogens with two attached hydrogens (primary N) is 1. The molecule has 3 N–H and O–H groups in total. The maximum absolute atomic E-state index is 11.0. The van der Waals surface area contributed by atoms with Crippen LogP contribution in [0, 0.1) is 13.8 Å². The summed E-state index contributed by atoms with van der Waals surface area (Å²) in [5.74, 6) is -0.432. The van der Waals surface area contributed by atoms with Crippen LogP contribution in [0.4, 0.5) is 0 Å². The van der Waals surface area contributed by atoms with Crippen molar-refractivity contribution in [1.82, 2.24) is 5.32 Å². The van der Waals surface area contributed by atoms with Gasteiger partial charge in [0.25, 0.3) is 5.91 Å². The molecule has 138 valence electrons. The van der Waals surface area contributed by atoms with Gasteiger partial charge >= 0.3 is 0 Å². The van der Waals surface area contributed by atoms with E-state index in [1.165, 1.54) is 16.7 Å². The van der Waals surface area contributed by atoms with Gasteiger partial charge in [-0.2, -0.15) is 0 Å². The minimum Gasteiger partial charge on any atom is -0.366 e. The van der Waals surface area contributed by atoms with Crippen molar-refractivity contribution in [3.8, 4) is 11.1 Å². The number of primary amides is 1. The summed E-state index contributed by atoms with van der Waals surface area (Å²) in [5, 5.41) is 2.54. The minimum absolute atomic E-state index is 0.0411. The lowest BCUT2D eigenvalue weighted by Gasteiger charge is -2.09. The molecule has 4 heteroatoms. The van der Waals surface area contributed by atoms with Gasteiger partial charge < -0.3 is 11.1 Å². The molecule has 27 heavy (non-hydrogen) atoms. The zero-order valence-electron chi connectivity index (χ0n) is 15.8. The van der Waals surface area contributed by atoms with Gasteiger partial charge in [0.2, 0.25) is 5.91 Å². The Labute approximate surface area is 160 Å². The van der Waals surface area contributed by atoms with Crippen molar-refractivity contribution in [2.24, 2.45) is 5.73 Å². The molecular formula is C23H24N2O2. The van der Waals surface area contributed by atoms with Gasteiger partial charge in [0.1, 0.15) is 0 Å². The highest BCUT2D eigenvalue weighted by Gasteiger charge is 2.05. The minimum atomic E-state index is -0.391. The second-order valence-electron chi connectivity index (χ2n) is 6.13. The van der Waals surface area contributed by atoms with E-state index in [4.69, 9.17) is 5.73 Å². The summed E-state index contributed by atoms with van der Waals surface area (Å²) in [7, 11) is 1.62. The Hall–Kier alpha value is -3.40. The molecule has 0 unspecified atom stereocenters. The lowest BCUT2D eigenvalue weighted by molar-refractivity contribution is 0.0961. The van der Waals surface area contributed by atoms with Crippen molar-refractivity contribution < 1.29 is 9.59 Å². The normalized spacial score (nSPS) is 9.74. The number of amides is 2. The second kappa shape index (κ2) is 9.34. The first-order chi connectivity index (χ1) is 12.9. The van der Waals surface area contributed by atoms with E-state index in [1.54, 1.807) is 31.3 Å². The van der Waals surface area contributed by atoms with Gasteiger partial charge in [-0.3, -0.25) is 9.59 Å². The molecule has 0 aliphatic carbocycles. The van der Waals surface area contributed by atoms with Crippen LogP contribution in [-0.2, 0) is 0 Å². The summed E-state index contributed by atoms with van der Waals surface area (Å²) in [6.07, 6.45) is 0. The van der Waals surface area contributed by atoms with E-state index in [1.807, 2.05) is 36.4 Å². The molecule has 3 rings (SSSR count). The van der Waals surface area contributed by atoms with Crippen LogP contribution in [0.2, 0.25) is 0 Å². The molecule has 0 saturated carbocycles. The molecule has 2 amide bonds. The van der Waals surface area contributed by atoms with Crippen molar-refractivity contribution in [2.75, 3.05) is 7.05 Å².